The molecule has 3 heteroatoms. The van der Waals surface area contributed by atoms with E-state index < -0.39 is 0 Å². The molecule has 2 rings (SSSR count). The standard InChI is InChI=1S/C12H13N3/c1-15-8-10(4-5-13)11-6-9(7-14)2-3-12(11)15/h2-3,6,8H,4-5,13H2,1H3. The number of nitrogens with zero attached hydrogens (tertiary/aromatic N) is 2. The molecule has 0 aliphatic carbocycles. The van der Waals surface area contributed by atoms with Crippen LogP contribution in [-0.4, -0.2) is 11.1 Å². The zero-order valence-electron chi connectivity index (χ0n) is 8.70. The summed E-state index contributed by atoms with van der Waals surface area (Å²) >= 11 is 0. The second-order valence-corrected chi connectivity index (χ2v) is 3.65. The van der Waals surface area contributed by atoms with Crippen molar-refractivity contribution in [3.8, 4) is 6.07 Å². The highest BCUT2D eigenvalue weighted by Crippen LogP contribution is 2.22. The third-order valence-electron chi connectivity index (χ3n) is 2.61. The van der Waals surface area contributed by atoms with Gasteiger partial charge in [-0.15, -0.1) is 0 Å². The first-order valence-corrected chi connectivity index (χ1v) is 4.94. The maximum atomic E-state index is 8.84. The van der Waals surface area contributed by atoms with Gasteiger partial charge >= 0.3 is 0 Å². The van der Waals surface area contributed by atoms with Gasteiger partial charge in [0.2, 0.25) is 0 Å². The van der Waals surface area contributed by atoms with E-state index in [9.17, 15) is 0 Å². The molecule has 0 fully saturated rings. The van der Waals surface area contributed by atoms with Crippen molar-refractivity contribution in [1.82, 2.24) is 4.57 Å². The summed E-state index contributed by atoms with van der Waals surface area (Å²) in [4.78, 5) is 0. The summed E-state index contributed by atoms with van der Waals surface area (Å²) in [6.07, 6.45) is 2.94. The monoisotopic (exact) mass is 199 g/mol. The number of benzene rings is 1. The van der Waals surface area contributed by atoms with Gasteiger partial charge < -0.3 is 10.3 Å². The fraction of sp³-hybridized carbons (Fsp3) is 0.250. The van der Waals surface area contributed by atoms with Crippen LogP contribution in [0.1, 0.15) is 11.1 Å². The van der Waals surface area contributed by atoms with Crippen LogP contribution in [0.25, 0.3) is 10.9 Å². The average Bonchev–Trinajstić information content (AvgIpc) is 2.56. The predicted octanol–water partition coefficient (Wildman–Crippen LogP) is 1.55. The Morgan fingerprint density at radius 1 is 1.47 bits per heavy atom. The summed E-state index contributed by atoms with van der Waals surface area (Å²) in [5.74, 6) is 0. The summed E-state index contributed by atoms with van der Waals surface area (Å²) in [7, 11) is 2.01. The van der Waals surface area contributed by atoms with E-state index in [1.165, 1.54) is 5.56 Å². The van der Waals surface area contributed by atoms with Crippen molar-refractivity contribution >= 4 is 10.9 Å². The number of hydrogen-bond donors (Lipinski definition) is 1. The van der Waals surface area contributed by atoms with E-state index in [4.69, 9.17) is 11.0 Å². The Morgan fingerprint density at radius 3 is 2.93 bits per heavy atom. The molecule has 2 N–H and O–H groups in total. The van der Waals surface area contributed by atoms with Crippen LogP contribution >= 0.6 is 0 Å². The molecular formula is C12H13N3. The lowest BCUT2D eigenvalue weighted by Crippen LogP contribution is -2.01. The molecular weight excluding hydrogens is 186 g/mol. The zero-order valence-corrected chi connectivity index (χ0v) is 8.70. The van der Waals surface area contributed by atoms with E-state index in [0.29, 0.717) is 12.1 Å². The van der Waals surface area contributed by atoms with Gasteiger partial charge in [-0.3, -0.25) is 0 Å². The molecule has 0 aliphatic rings. The first-order valence-electron chi connectivity index (χ1n) is 4.94. The van der Waals surface area contributed by atoms with E-state index in [0.717, 1.165) is 17.3 Å². The molecule has 76 valence electrons. The van der Waals surface area contributed by atoms with Crippen LogP contribution in [0.2, 0.25) is 0 Å². The van der Waals surface area contributed by atoms with Gasteiger partial charge in [-0.25, -0.2) is 0 Å². The number of nitriles is 1. The number of nitrogens with two attached hydrogens (primary N) is 1. The normalized spacial score (nSPS) is 10.5. The van der Waals surface area contributed by atoms with Crippen LogP contribution in [0.3, 0.4) is 0 Å². The molecule has 0 saturated heterocycles. The van der Waals surface area contributed by atoms with E-state index in [2.05, 4.69) is 16.8 Å². The summed E-state index contributed by atoms with van der Waals surface area (Å²) in [5.41, 5.74) is 8.62. The number of aryl methyl sites for hydroxylation is 1. The van der Waals surface area contributed by atoms with Crippen LogP contribution in [0.4, 0.5) is 0 Å². The van der Waals surface area contributed by atoms with E-state index in [1.54, 1.807) is 0 Å². The molecule has 1 aromatic carbocycles. The van der Waals surface area contributed by atoms with Gasteiger partial charge in [0, 0.05) is 24.1 Å². The molecule has 0 amide bonds. The van der Waals surface area contributed by atoms with Gasteiger partial charge in [0.15, 0.2) is 0 Å². The van der Waals surface area contributed by atoms with E-state index >= 15 is 0 Å². The third kappa shape index (κ3) is 1.60. The van der Waals surface area contributed by atoms with Crippen molar-refractivity contribution in [2.75, 3.05) is 6.54 Å². The lowest BCUT2D eigenvalue weighted by Gasteiger charge is -1.96. The van der Waals surface area contributed by atoms with Gasteiger partial charge in [-0.2, -0.15) is 5.26 Å². The quantitative estimate of drug-likeness (QED) is 0.797. The Bertz CT molecular complexity index is 532. The molecule has 1 heterocycles. The highest BCUT2D eigenvalue weighted by Gasteiger charge is 2.06. The van der Waals surface area contributed by atoms with Crippen LogP contribution in [-0.2, 0) is 13.5 Å². The summed E-state index contributed by atoms with van der Waals surface area (Å²) in [5, 5.41) is 9.98. The molecule has 0 bridgehead atoms. The maximum Gasteiger partial charge on any atom is 0.0991 e. The van der Waals surface area contributed by atoms with Gasteiger partial charge in [-0.1, -0.05) is 0 Å². The summed E-state index contributed by atoms with van der Waals surface area (Å²) in [6, 6.07) is 7.91. The van der Waals surface area contributed by atoms with Crippen molar-refractivity contribution in [2.45, 2.75) is 6.42 Å². The Kier molecular flexibility index (Phi) is 2.44. The second kappa shape index (κ2) is 3.76. The fourth-order valence-electron chi connectivity index (χ4n) is 1.90. The molecule has 0 radical (unpaired) electrons. The Morgan fingerprint density at radius 2 is 2.27 bits per heavy atom. The average molecular weight is 199 g/mol. The van der Waals surface area contributed by atoms with Crippen molar-refractivity contribution in [3.63, 3.8) is 0 Å². The number of hydrogen-bond acceptors (Lipinski definition) is 2. The molecule has 0 unspecified atom stereocenters. The molecule has 2 aromatic rings. The molecule has 1 aromatic heterocycles. The minimum atomic E-state index is 0.635. The smallest absolute Gasteiger partial charge is 0.0991 e. The Balaban J connectivity index is 2.67. The fourth-order valence-corrected chi connectivity index (χ4v) is 1.90. The zero-order chi connectivity index (χ0) is 10.8. The highest BCUT2D eigenvalue weighted by atomic mass is 14.9. The van der Waals surface area contributed by atoms with Gasteiger partial charge in [0.05, 0.1) is 11.6 Å². The summed E-state index contributed by atoms with van der Waals surface area (Å²) in [6.45, 7) is 0.635. The second-order valence-electron chi connectivity index (χ2n) is 3.65. The van der Waals surface area contributed by atoms with Crippen LogP contribution in [0.15, 0.2) is 24.4 Å². The molecule has 3 nitrogen and oxygen atoms in total. The summed E-state index contributed by atoms with van der Waals surface area (Å²) < 4.78 is 2.07. The molecule has 0 atom stereocenters. The topological polar surface area (TPSA) is 54.7 Å². The number of aromatic nitrogens is 1. The van der Waals surface area contributed by atoms with Crippen LogP contribution < -0.4 is 5.73 Å². The Hall–Kier alpha value is -1.79. The van der Waals surface area contributed by atoms with Crippen LogP contribution in [0, 0.1) is 11.3 Å². The molecule has 15 heavy (non-hydrogen) atoms. The highest BCUT2D eigenvalue weighted by molar-refractivity contribution is 5.85. The predicted molar refractivity (Wildman–Crippen MR) is 60.4 cm³/mol. The maximum absolute atomic E-state index is 8.84. The number of fused-ring (bicyclic) bond motifs is 1. The lowest BCUT2D eigenvalue weighted by molar-refractivity contribution is 0.929. The molecule has 0 saturated carbocycles. The van der Waals surface area contributed by atoms with Crippen molar-refractivity contribution in [2.24, 2.45) is 12.8 Å². The third-order valence-corrected chi connectivity index (χ3v) is 2.61. The van der Waals surface area contributed by atoms with E-state index in [-0.39, 0.29) is 0 Å². The first kappa shape index (κ1) is 9.75. The first-order chi connectivity index (χ1) is 7.26. The largest absolute Gasteiger partial charge is 0.350 e. The number of rotatable bonds is 2. The van der Waals surface area contributed by atoms with Crippen LogP contribution in [0.5, 0.6) is 0 Å². The van der Waals surface area contributed by atoms with E-state index in [1.807, 2.05) is 25.2 Å². The molecule has 0 aliphatic heterocycles. The van der Waals surface area contributed by atoms with Crippen molar-refractivity contribution in [1.29, 1.82) is 5.26 Å². The van der Waals surface area contributed by atoms with Gasteiger partial charge in [0.1, 0.15) is 0 Å². The molecule has 0 spiro atoms. The minimum absolute atomic E-state index is 0.635. The SMILES string of the molecule is Cn1cc(CCN)c2cc(C#N)ccc21. The van der Waals surface area contributed by atoms with Gasteiger partial charge in [-0.05, 0) is 36.7 Å². The van der Waals surface area contributed by atoms with Crippen molar-refractivity contribution < 1.29 is 0 Å². The Labute approximate surface area is 88.7 Å². The van der Waals surface area contributed by atoms with Crippen molar-refractivity contribution in [3.05, 3.63) is 35.5 Å². The lowest BCUT2D eigenvalue weighted by atomic mass is 10.1. The van der Waals surface area contributed by atoms with Gasteiger partial charge in [0.25, 0.3) is 0 Å². The minimum Gasteiger partial charge on any atom is -0.350 e.